The van der Waals surface area contributed by atoms with Crippen LogP contribution >= 0.6 is 0 Å². The van der Waals surface area contributed by atoms with Crippen molar-refractivity contribution < 1.29 is 19.1 Å². The van der Waals surface area contributed by atoms with E-state index in [0.717, 1.165) is 30.6 Å². The van der Waals surface area contributed by atoms with Crippen LogP contribution < -0.4 is 10.6 Å². The fraction of sp³-hybridized carbons (Fsp3) is 0.556. The van der Waals surface area contributed by atoms with Crippen LogP contribution in [-0.4, -0.2) is 37.4 Å². The average molecular weight is 334 g/mol. The normalized spacial score (nSPS) is 14.8. The zero-order valence-corrected chi connectivity index (χ0v) is 14.8. The van der Waals surface area contributed by atoms with Crippen molar-refractivity contribution in [2.24, 2.45) is 0 Å². The maximum absolute atomic E-state index is 12.1. The molecule has 0 radical (unpaired) electrons. The predicted molar refractivity (Wildman–Crippen MR) is 92.1 cm³/mol. The number of carbonyl (C=O) groups excluding carboxylic acids is 2. The van der Waals surface area contributed by atoms with Gasteiger partial charge in [0.25, 0.3) is 0 Å². The molecule has 6 heteroatoms. The lowest BCUT2D eigenvalue weighted by atomic mass is 9.93. The van der Waals surface area contributed by atoms with Crippen LogP contribution in [0.5, 0.6) is 0 Å². The number of hydrogen-bond donors (Lipinski definition) is 2. The van der Waals surface area contributed by atoms with Crippen LogP contribution in [0.4, 0.5) is 10.5 Å². The first kappa shape index (κ1) is 18.1. The van der Waals surface area contributed by atoms with Crippen molar-refractivity contribution in [2.45, 2.75) is 51.7 Å². The number of esters is 1. The van der Waals surface area contributed by atoms with Crippen molar-refractivity contribution in [3.63, 3.8) is 0 Å². The van der Waals surface area contributed by atoms with Crippen molar-refractivity contribution in [1.82, 2.24) is 5.32 Å². The summed E-state index contributed by atoms with van der Waals surface area (Å²) in [6.45, 7) is 6.28. The number of hydrogen-bond acceptors (Lipinski definition) is 5. The highest BCUT2D eigenvalue weighted by atomic mass is 16.6. The topological polar surface area (TPSA) is 76.7 Å². The number of alkyl carbamates (subject to hydrolysis) is 1. The van der Waals surface area contributed by atoms with Crippen molar-refractivity contribution in [1.29, 1.82) is 0 Å². The molecular formula is C18H26N2O4. The largest absolute Gasteiger partial charge is 0.467 e. The van der Waals surface area contributed by atoms with E-state index >= 15 is 0 Å². The van der Waals surface area contributed by atoms with E-state index in [9.17, 15) is 9.59 Å². The molecule has 1 amide bonds. The number of methoxy groups -OCH3 is 1. The number of benzene rings is 1. The summed E-state index contributed by atoms with van der Waals surface area (Å²) >= 11 is 0. The van der Waals surface area contributed by atoms with Crippen molar-refractivity contribution in [2.75, 3.05) is 19.0 Å². The van der Waals surface area contributed by atoms with Gasteiger partial charge in [0.15, 0.2) is 0 Å². The third-order valence-electron chi connectivity index (χ3n) is 3.79. The molecular weight excluding hydrogens is 308 g/mol. The Balaban J connectivity index is 2.15. The van der Waals surface area contributed by atoms with Crippen LogP contribution in [-0.2, 0) is 27.1 Å². The van der Waals surface area contributed by atoms with Crippen molar-refractivity contribution in [3.05, 3.63) is 29.3 Å². The van der Waals surface area contributed by atoms with E-state index in [0.29, 0.717) is 6.42 Å². The Hall–Kier alpha value is -2.24. The van der Waals surface area contributed by atoms with Crippen LogP contribution in [0.15, 0.2) is 18.2 Å². The smallest absolute Gasteiger partial charge is 0.408 e. The highest BCUT2D eigenvalue weighted by molar-refractivity contribution is 5.82. The summed E-state index contributed by atoms with van der Waals surface area (Å²) in [5.74, 6) is -0.484. The van der Waals surface area contributed by atoms with Gasteiger partial charge in [-0.05, 0) is 50.8 Å². The van der Waals surface area contributed by atoms with E-state index < -0.39 is 23.7 Å². The Morgan fingerprint density at radius 1 is 1.33 bits per heavy atom. The van der Waals surface area contributed by atoms with Crippen molar-refractivity contribution in [3.8, 4) is 0 Å². The highest BCUT2D eigenvalue weighted by Crippen LogP contribution is 2.26. The summed E-state index contributed by atoms with van der Waals surface area (Å²) in [7, 11) is 1.31. The monoisotopic (exact) mass is 334 g/mol. The molecule has 0 aromatic heterocycles. The summed E-state index contributed by atoms with van der Waals surface area (Å²) < 4.78 is 10.1. The first-order valence-corrected chi connectivity index (χ1v) is 8.22. The van der Waals surface area contributed by atoms with Gasteiger partial charge in [0, 0.05) is 18.7 Å². The number of rotatable bonds is 4. The summed E-state index contributed by atoms with van der Waals surface area (Å²) in [5, 5.41) is 5.99. The number of fused-ring (bicyclic) bond motifs is 1. The third kappa shape index (κ3) is 4.88. The number of amides is 1. The third-order valence-corrected chi connectivity index (χ3v) is 3.79. The van der Waals surface area contributed by atoms with Gasteiger partial charge in [-0.25, -0.2) is 9.59 Å². The molecule has 24 heavy (non-hydrogen) atoms. The maximum atomic E-state index is 12.1. The molecule has 2 rings (SSSR count). The van der Waals surface area contributed by atoms with Gasteiger partial charge >= 0.3 is 12.1 Å². The molecule has 0 unspecified atom stereocenters. The summed E-state index contributed by atoms with van der Waals surface area (Å²) in [4.78, 5) is 24.1. The first-order valence-electron chi connectivity index (χ1n) is 8.22. The molecule has 1 heterocycles. The lowest BCUT2D eigenvalue weighted by Gasteiger charge is -2.25. The molecule has 1 aliphatic heterocycles. The second-order valence-electron chi connectivity index (χ2n) is 6.90. The number of ether oxygens (including phenoxy) is 2. The van der Waals surface area contributed by atoms with Gasteiger partial charge < -0.3 is 20.1 Å². The number of nitrogens with one attached hydrogen (secondary N) is 2. The fourth-order valence-corrected chi connectivity index (χ4v) is 2.78. The molecule has 0 fully saturated rings. The first-order chi connectivity index (χ1) is 11.3. The van der Waals surface area contributed by atoms with Gasteiger partial charge in [-0.15, -0.1) is 0 Å². The minimum absolute atomic E-state index is 0.372. The van der Waals surface area contributed by atoms with Gasteiger partial charge in [0.1, 0.15) is 11.6 Å². The Morgan fingerprint density at radius 3 is 2.75 bits per heavy atom. The molecule has 1 aromatic rings. The van der Waals surface area contributed by atoms with E-state index in [1.54, 1.807) is 20.8 Å². The molecule has 0 aliphatic carbocycles. The van der Waals surface area contributed by atoms with Gasteiger partial charge in [-0.3, -0.25) is 0 Å². The minimum Gasteiger partial charge on any atom is -0.467 e. The summed E-state index contributed by atoms with van der Waals surface area (Å²) in [6, 6.07) is 5.19. The SMILES string of the molecule is COC(=O)[C@H](Cc1cccc2c1CCCN2)NC(=O)OC(C)(C)C. The fourth-order valence-electron chi connectivity index (χ4n) is 2.78. The maximum Gasteiger partial charge on any atom is 0.408 e. The molecule has 0 saturated heterocycles. The summed E-state index contributed by atoms with van der Waals surface area (Å²) in [6.07, 6.45) is 1.75. The van der Waals surface area contributed by atoms with Crippen LogP contribution in [0.3, 0.4) is 0 Å². The molecule has 132 valence electrons. The second kappa shape index (κ2) is 7.55. The summed E-state index contributed by atoms with van der Waals surface area (Å²) in [5.41, 5.74) is 2.70. The number of carbonyl (C=O) groups is 2. The van der Waals surface area contributed by atoms with Crippen LogP contribution in [0.2, 0.25) is 0 Å². The van der Waals surface area contributed by atoms with Gasteiger partial charge in [0.05, 0.1) is 7.11 Å². The Morgan fingerprint density at radius 2 is 2.08 bits per heavy atom. The Kier molecular flexibility index (Phi) is 5.70. The van der Waals surface area contributed by atoms with Gasteiger partial charge in [0.2, 0.25) is 0 Å². The van der Waals surface area contributed by atoms with E-state index in [1.807, 2.05) is 18.2 Å². The van der Waals surface area contributed by atoms with E-state index in [4.69, 9.17) is 9.47 Å². The van der Waals surface area contributed by atoms with E-state index in [-0.39, 0.29) is 0 Å². The van der Waals surface area contributed by atoms with Crippen molar-refractivity contribution >= 4 is 17.7 Å². The van der Waals surface area contributed by atoms with Crippen LogP contribution in [0.25, 0.3) is 0 Å². The second-order valence-corrected chi connectivity index (χ2v) is 6.90. The quantitative estimate of drug-likeness (QED) is 0.828. The average Bonchev–Trinajstić information content (AvgIpc) is 2.52. The lowest BCUT2D eigenvalue weighted by molar-refractivity contribution is -0.143. The molecule has 1 aliphatic rings. The van der Waals surface area contributed by atoms with Gasteiger partial charge in [-0.2, -0.15) is 0 Å². The molecule has 6 nitrogen and oxygen atoms in total. The van der Waals surface area contributed by atoms with Crippen LogP contribution in [0.1, 0.15) is 38.3 Å². The van der Waals surface area contributed by atoms with Gasteiger partial charge in [-0.1, -0.05) is 12.1 Å². The van der Waals surface area contributed by atoms with Crippen LogP contribution in [0, 0.1) is 0 Å². The zero-order valence-electron chi connectivity index (χ0n) is 14.8. The molecule has 2 N–H and O–H groups in total. The Bertz CT molecular complexity index is 608. The van der Waals surface area contributed by atoms with E-state index in [1.165, 1.54) is 12.7 Å². The Labute approximate surface area is 142 Å². The van der Waals surface area contributed by atoms with E-state index in [2.05, 4.69) is 10.6 Å². The molecule has 0 bridgehead atoms. The highest BCUT2D eigenvalue weighted by Gasteiger charge is 2.26. The minimum atomic E-state index is -0.779. The molecule has 0 spiro atoms. The zero-order chi connectivity index (χ0) is 17.7. The molecule has 1 aromatic carbocycles. The molecule has 0 saturated carbocycles. The standard InChI is InChI=1S/C18H26N2O4/c1-18(2,3)24-17(22)20-15(16(21)23-4)11-12-7-5-9-14-13(12)8-6-10-19-14/h5,7,9,15,19H,6,8,10-11H2,1-4H3,(H,20,22)/t15-/m0/s1. The number of anilines is 1. The lowest BCUT2D eigenvalue weighted by Crippen LogP contribution is -2.45. The predicted octanol–water partition coefficient (Wildman–Crippen LogP) is 2.65. The molecule has 1 atom stereocenters.